The number of carbonyl (C=O) groups excluding carboxylic acids is 1. The number of rotatable bonds is 8. The standard InChI is InChI=1S/C20H25N5O2/c1-2-8-22-20(26)17-15-18(21-9-10-25-11-13-27-14-12-25)24-19(23-17)16-6-4-3-5-7-16/h2-7,15H,1,8-14H2,(H,22,26)(H,21,23,24). The summed E-state index contributed by atoms with van der Waals surface area (Å²) in [5, 5.41) is 6.08. The van der Waals surface area contributed by atoms with Crippen LogP contribution < -0.4 is 10.6 Å². The molecule has 0 saturated carbocycles. The van der Waals surface area contributed by atoms with E-state index >= 15 is 0 Å². The quantitative estimate of drug-likeness (QED) is 0.693. The molecule has 0 radical (unpaired) electrons. The number of hydrogen-bond acceptors (Lipinski definition) is 6. The number of hydrogen-bond donors (Lipinski definition) is 2. The number of nitrogens with one attached hydrogen (secondary N) is 2. The second-order valence-electron chi connectivity index (χ2n) is 6.21. The Balaban J connectivity index is 1.74. The minimum absolute atomic E-state index is 0.245. The largest absolute Gasteiger partial charge is 0.379 e. The summed E-state index contributed by atoms with van der Waals surface area (Å²) < 4.78 is 5.37. The predicted molar refractivity (Wildman–Crippen MR) is 106 cm³/mol. The summed E-state index contributed by atoms with van der Waals surface area (Å²) in [6.45, 7) is 9.08. The molecule has 7 nitrogen and oxygen atoms in total. The molecule has 0 atom stereocenters. The van der Waals surface area contributed by atoms with Crippen LogP contribution >= 0.6 is 0 Å². The molecule has 2 aromatic rings. The normalized spacial score (nSPS) is 14.5. The summed E-state index contributed by atoms with van der Waals surface area (Å²) in [6.07, 6.45) is 1.64. The van der Waals surface area contributed by atoms with E-state index in [2.05, 4.69) is 32.1 Å². The SMILES string of the molecule is C=CCNC(=O)c1cc(NCCN2CCOCC2)nc(-c2ccccc2)n1. The van der Waals surface area contributed by atoms with Gasteiger partial charge in [-0.1, -0.05) is 36.4 Å². The van der Waals surface area contributed by atoms with E-state index in [0.717, 1.165) is 45.0 Å². The van der Waals surface area contributed by atoms with Gasteiger partial charge in [0.15, 0.2) is 5.82 Å². The molecule has 142 valence electrons. The van der Waals surface area contributed by atoms with Gasteiger partial charge in [0.2, 0.25) is 0 Å². The Bertz CT molecular complexity index is 760. The Morgan fingerprint density at radius 3 is 2.74 bits per heavy atom. The summed E-state index contributed by atoms with van der Waals surface area (Å²) in [6, 6.07) is 11.3. The third kappa shape index (κ3) is 5.60. The second-order valence-corrected chi connectivity index (χ2v) is 6.21. The summed E-state index contributed by atoms with van der Waals surface area (Å²) in [5.41, 5.74) is 1.20. The average Bonchev–Trinajstić information content (AvgIpc) is 2.73. The van der Waals surface area contributed by atoms with Crippen molar-refractivity contribution in [3.8, 4) is 11.4 Å². The second kappa shape index (κ2) is 9.80. The molecule has 0 bridgehead atoms. The Kier molecular flexibility index (Phi) is 6.90. The van der Waals surface area contributed by atoms with Gasteiger partial charge in [-0.25, -0.2) is 9.97 Å². The van der Waals surface area contributed by atoms with Crippen LogP contribution in [0.25, 0.3) is 11.4 Å². The van der Waals surface area contributed by atoms with Crippen molar-refractivity contribution >= 4 is 11.7 Å². The molecule has 0 unspecified atom stereocenters. The number of morpholine rings is 1. The van der Waals surface area contributed by atoms with E-state index in [9.17, 15) is 4.79 Å². The summed E-state index contributed by atoms with van der Waals surface area (Å²) in [5.74, 6) is 0.919. The van der Waals surface area contributed by atoms with Gasteiger partial charge in [-0.05, 0) is 0 Å². The van der Waals surface area contributed by atoms with Crippen LogP contribution in [0.3, 0.4) is 0 Å². The first kappa shape index (κ1) is 19.0. The van der Waals surface area contributed by atoms with E-state index in [1.54, 1.807) is 12.1 Å². The summed E-state index contributed by atoms with van der Waals surface area (Å²) >= 11 is 0. The summed E-state index contributed by atoms with van der Waals surface area (Å²) in [4.78, 5) is 23.7. The first-order valence-electron chi connectivity index (χ1n) is 9.14. The molecular formula is C20H25N5O2. The molecule has 3 rings (SSSR count). The van der Waals surface area contributed by atoms with Crippen LogP contribution in [-0.2, 0) is 4.74 Å². The van der Waals surface area contributed by atoms with Crippen molar-refractivity contribution < 1.29 is 9.53 Å². The number of nitrogens with zero attached hydrogens (tertiary/aromatic N) is 3. The molecule has 1 aliphatic rings. The van der Waals surface area contributed by atoms with Crippen molar-refractivity contribution in [1.29, 1.82) is 0 Å². The van der Waals surface area contributed by atoms with Crippen molar-refractivity contribution in [2.75, 3.05) is 51.3 Å². The van der Waals surface area contributed by atoms with Gasteiger partial charge in [-0.2, -0.15) is 0 Å². The van der Waals surface area contributed by atoms with Crippen molar-refractivity contribution in [3.05, 3.63) is 54.7 Å². The number of ether oxygens (including phenoxy) is 1. The first-order valence-corrected chi connectivity index (χ1v) is 9.14. The van der Waals surface area contributed by atoms with Gasteiger partial charge in [-0.15, -0.1) is 6.58 Å². The lowest BCUT2D eigenvalue weighted by Gasteiger charge is -2.26. The number of aromatic nitrogens is 2. The predicted octanol–water partition coefficient (Wildman–Crippen LogP) is 1.80. The lowest BCUT2D eigenvalue weighted by atomic mass is 10.2. The zero-order valence-corrected chi connectivity index (χ0v) is 15.4. The fourth-order valence-electron chi connectivity index (χ4n) is 2.79. The highest BCUT2D eigenvalue weighted by Crippen LogP contribution is 2.18. The average molecular weight is 367 g/mol. The van der Waals surface area contributed by atoms with Gasteiger partial charge < -0.3 is 15.4 Å². The van der Waals surface area contributed by atoms with Crippen molar-refractivity contribution in [2.45, 2.75) is 0 Å². The zero-order valence-electron chi connectivity index (χ0n) is 15.4. The maximum Gasteiger partial charge on any atom is 0.270 e. The maximum absolute atomic E-state index is 12.4. The molecule has 27 heavy (non-hydrogen) atoms. The zero-order chi connectivity index (χ0) is 18.9. The molecule has 1 aromatic carbocycles. The van der Waals surface area contributed by atoms with Gasteiger partial charge in [0.25, 0.3) is 5.91 Å². The molecule has 2 heterocycles. The van der Waals surface area contributed by atoms with Crippen LogP contribution in [0.2, 0.25) is 0 Å². The van der Waals surface area contributed by atoms with Crippen LogP contribution in [0.4, 0.5) is 5.82 Å². The molecule has 7 heteroatoms. The molecule has 1 fully saturated rings. The van der Waals surface area contributed by atoms with Gasteiger partial charge in [0.1, 0.15) is 11.5 Å². The smallest absolute Gasteiger partial charge is 0.270 e. The van der Waals surface area contributed by atoms with E-state index in [1.807, 2.05) is 30.3 Å². The van der Waals surface area contributed by atoms with E-state index in [0.29, 0.717) is 23.9 Å². The lowest BCUT2D eigenvalue weighted by Crippen LogP contribution is -2.39. The lowest BCUT2D eigenvalue weighted by molar-refractivity contribution is 0.0398. The van der Waals surface area contributed by atoms with Crippen LogP contribution in [0.1, 0.15) is 10.5 Å². The Hall–Kier alpha value is -2.77. The molecular weight excluding hydrogens is 342 g/mol. The van der Waals surface area contributed by atoms with E-state index < -0.39 is 0 Å². The molecule has 1 saturated heterocycles. The number of amides is 1. The topological polar surface area (TPSA) is 79.4 Å². The Labute approximate surface area is 159 Å². The van der Waals surface area contributed by atoms with Crippen LogP contribution in [-0.4, -0.2) is 66.7 Å². The maximum atomic E-state index is 12.4. The van der Waals surface area contributed by atoms with E-state index in [4.69, 9.17) is 4.74 Å². The van der Waals surface area contributed by atoms with Crippen LogP contribution in [0.15, 0.2) is 49.1 Å². The van der Waals surface area contributed by atoms with Crippen molar-refractivity contribution in [1.82, 2.24) is 20.2 Å². The number of carbonyl (C=O) groups is 1. The Morgan fingerprint density at radius 1 is 1.22 bits per heavy atom. The van der Waals surface area contributed by atoms with E-state index in [-0.39, 0.29) is 5.91 Å². The van der Waals surface area contributed by atoms with Gasteiger partial charge in [0.05, 0.1) is 13.2 Å². The molecule has 2 N–H and O–H groups in total. The fourth-order valence-corrected chi connectivity index (χ4v) is 2.79. The molecule has 1 aromatic heterocycles. The van der Waals surface area contributed by atoms with Crippen LogP contribution in [0, 0.1) is 0 Å². The molecule has 0 spiro atoms. The highest BCUT2D eigenvalue weighted by Gasteiger charge is 2.13. The van der Waals surface area contributed by atoms with Crippen LogP contribution in [0.5, 0.6) is 0 Å². The monoisotopic (exact) mass is 367 g/mol. The highest BCUT2D eigenvalue weighted by molar-refractivity contribution is 5.93. The summed E-state index contributed by atoms with van der Waals surface area (Å²) in [7, 11) is 0. The molecule has 1 aliphatic heterocycles. The molecule has 1 amide bonds. The van der Waals surface area contributed by atoms with Gasteiger partial charge in [-0.3, -0.25) is 9.69 Å². The number of anilines is 1. The first-order chi connectivity index (χ1) is 13.3. The minimum Gasteiger partial charge on any atom is -0.379 e. The van der Waals surface area contributed by atoms with E-state index in [1.165, 1.54) is 0 Å². The number of benzene rings is 1. The van der Waals surface area contributed by atoms with Crippen molar-refractivity contribution in [2.24, 2.45) is 0 Å². The van der Waals surface area contributed by atoms with Gasteiger partial charge in [0, 0.05) is 44.4 Å². The third-order valence-electron chi connectivity index (χ3n) is 4.24. The highest BCUT2D eigenvalue weighted by atomic mass is 16.5. The van der Waals surface area contributed by atoms with Crippen molar-refractivity contribution in [3.63, 3.8) is 0 Å². The minimum atomic E-state index is -0.245. The Morgan fingerprint density at radius 2 is 2.00 bits per heavy atom. The molecule has 0 aliphatic carbocycles. The van der Waals surface area contributed by atoms with Gasteiger partial charge >= 0.3 is 0 Å². The third-order valence-corrected chi connectivity index (χ3v) is 4.24. The fraction of sp³-hybridized carbons (Fsp3) is 0.350.